The molecule has 0 atom stereocenters. The Hall–Kier alpha value is -3.85. The van der Waals surface area contributed by atoms with Crippen molar-refractivity contribution in [2.75, 3.05) is 0 Å². The van der Waals surface area contributed by atoms with E-state index in [4.69, 9.17) is 4.52 Å². The molecule has 0 aliphatic carbocycles. The van der Waals surface area contributed by atoms with Gasteiger partial charge in [0.25, 0.3) is 11.6 Å². The Morgan fingerprint density at radius 1 is 1.16 bits per heavy atom. The number of aryl methyl sites for hydroxylation is 2. The number of carbonyl (C=O) groups is 1. The van der Waals surface area contributed by atoms with Gasteiger partial charge in [0.2, 0.25) is 0 Å². The van der Waals surface area contributed by atoms with Crippen LogP contribution in [0.4, 0.5) is 0 Å². The van der Waals surface area contributed by atoms with Crippen molar-refractivity contribution in [3.8, 4) is 16.3 Å². The van der Waals surface area contributed by atoms with Crippen LogP contribution in [0.1, 0.15) is 26.5 Å². The number of aromatic nitrogens is 5. The first-order chi connectivity index (χ1) is 15.1. The number of thiophene rings is 1. The molecule has 0 saturated heterocycles. The normalized spacial score (nSPS) is 11.2. The molecule has 0 aliphatic heterocycles. The number of fused-ring (bicyclic) bond motifs is 1. The van der Waals surface area contributed by atoms with Crippen LogP contribution in [0.25, 0.3) is 27.4 Å². The second-order valence-electron chi connectivity index (χ2n) is 7.10. The molecule has 0 fully saturated rings. The van der Waals surface area contributed by atoms with E-state index in [9.17, 15) is 4.79 Å². The second kappa shape index (κ2) is 7.77. The third-order valence-electron chi connectivity index (χ3n) is 4.93. The van der Waals surface area contributed by atoms with E-state index >= 15 is 0 Å². The van der Waals surface area contributed by atoms with Crippen molar-refractivity contribution in [1.29, 1.82) is 0 Å². The minimum atomic E-state index is -0.200. The van der Waals surface area contributed by atoms with Crippen LogP contribution in [-0.2, 0) is 6.54 Å². The van der Waals surface area contributed by atoms with Crippen molar-refractivity contribution in [1.82, 2.24) is 30.2 Å². The molecule has 9 heteroatoms. The smallest absolute Gasteiger partial charge is 0.259 e. The Balaban J connectivity index is 1.40. The Bertz CT molecular complexity index is 1370. The standard InChI is InChI=1S/C22H18N6O2S/c1-13-3-8-19(31-13)18-9-17(20-14(2)27-30-22(20)26-18)21(29)24-10-15-4-6-16(7-5-15)28-12-23-11-25-28/h3-9,11-12H,10H2,1-2H3,(H,24,29). The van der Waals surface area contributed by atoms with Crippen molar-refractivity contribution < 1.29 is 9.32 Å². The van der Waals surface area contributed by atoms with Gasteiger partial charge in [-0.3, -0.25) is 4.79 Å². The third-order valence-corrected chi connectivity index (χ3v) is 5.95. The van der Waals surface area contributed by atoms with Crippen molar-refractivity contribution in [2.24, 2.45) is 0 Å². The second-order valence-corrected chi connectivity index (χ2v) is 8.39. The molecule has 5 rings (SSSR count). The molecule has 0 unspecified atom stereocenters. The minimum absolute atomic E-state index is 0.200. The maximum atomic E-state index is 13.1. The topological polar surface area (TPSA) is 98.7 Å². The fourth-order valence-corrected chi connectivity index (χ4v) is 4.19. The lowest BCUT2D eigenvalue weighted by atomic mass is 10.1. The molecular weight excluding hydrogens is 412 g/mol. The molecule has 1 N–H and O–H groups in total. The molecule has 0 saturated carbocycles. The monoisotopic (exact) mass is 430 g/mol. The first kappa shape index (κ1) is 19.1. The first-order valence-corrected chi connectivity index (χ1v) is 10.5. The zero-order valence-electron chi connectivity index (χ0n) is 16.9. The van der Waals surface area contributed by atoms with E-state index in [1.165, 1.54) is 11.2 Å². The molecule has 0 spiro atoms. The van der Waals surface area contributed by atoms with Gasteiger partial charge in [0.1, 0.15) is 12.7 Å². The summed E-state index contributed by atoms with van der Waals surface area (Å²) in [5, 5.41) is 11.7. The number of hydrogen-bond acceptors (Lipinski definition) is 7. The highest BCUT2D eigenvalue weighted by Gasteiger charge is 2.19. The molecule has 4 heterocycles. The summed E-state index contributed by atoms with van der Waals surface area (Å²) in [5.74, 6) is -0.200. The average molecular weight is 430 g/mol. The number of hydrogen-bond donors (Lipinski definition) is 1. The zero-order valence-corrected chi connectivity index (χ0v) is 17.7. The summed E-state index contributed by atoms with van der Waals surface area (Å²) in [6.45, 7) is 4.23. The van der Waals surface area contributed by atoms with E-state index in [0.717, 1.165) is 16.1 Å². The van der Waals surface area contributed by atoms with Gasteiger partial charge in [-0.2, -0.15) is 5.10 Å². The van der Waals surface area contributed by atoms with Gasteiger partial charge in [-0.25, -0.2) is 14.6 Å². The predicted molar refractivity (Wildman–Crippen MR) is 117 cm³/mol. The lowest BCUT2D eigenvalue weighted by Crippen LogP contribution is -2.23. The molecule has 5 aromatic rings. The maximum absolute atomic E-state index is 13.1. The number of rotatable bonds is 5. The molecule has 1 amide bonds. The van der Waals surface area contributed by atoms with Gasteiger partial charge in [0.15, 0.2) is 0 Å². The summed E-state index contributed by atoms with van der Waals surface area (Å²) in [6, 6.07) is 13.6. The lowest BCUT2D eigenvalue weighted by molar-refractivity contribution is 0.0952. The fourth-order valence-electron chi connectivity index (χ4n) is 3.36. The van der Waals surface area contributed by atoms with Gasteiger partial charge < -0.3 is 9.84 Å². The molecule has 0 bridgehead atoms. The van der Waals surface area contributed by atoms with E-state index < -0.39 is 0 Å². The summed E-state index contributed by atoms with van der Waals surface area (Å²) in [6.07, 6.45) is 3.13. The van der Waals surface area contributed by atoms with Crippen LogP contribution in [0.3, 0.4) is 0 Å². The molecule has 0 aliphatic rings. The van der Waals surface area contributed by atoms with E-state index in [0.29, 0.717) is 34.6 Å². The average Bonchev–Trinajstić information content (AvgIpc) is 3.54. The van der Waals surface area contributed by atoms with Crippen LogP contribution in [0.2, 0.25) is 0 Å². The van der Waals surface area contributed by atoms with Crippen molar-refractivity contribution in [3.05, 3.63) is 76.8 Å². The first-order valence-electron chi connectivity index (χ1n) is 9.64. The van der Waals surface area contributed by atoms with Crippen molar-refractivity contribution in [3.63, 3.8) is 0 Å². The van der Waals surface area contributed by atoms with E-state index in [1.807, 2.05) is 50.2 Å². The van der Waals surface area contributed by atoms with Crippen LogP contribution >= 0.6 is 11.3 Å². The Morgan fingerprint density at radius 2 is 2.00 bits per heavy atom. The number of nitrogens with zero attached hydrogens (tertiary/aromatic N) is 5. The summed E-state index contributed by atoms with van der Waals surface area (Å²) in [5.41, 5.74) is 4.08. The fraction of sp³-hybridized carbons (Fsp3) is 0.136. The Morgan fingerprint density at radius 3 is 2.71 bits per heavy atom. The SMILES string of the molecule is Cc1ccc(-c2cc(C(=O)NCc3ccc(-n4cncn4)cc3)c3c(C)noc3n2)s1. The van der Waals surface area contributed by atoms with Crippen LogP contribution in [0.15, 0.2) is 59.6 Å². The van der Waals surface area contributed by atoms with Gasteiger partial charge in [0, 0.05) is 11.4 Å². The molecule has 4 aromatic heterocycles. The van der Waals surface area contributed by atoms with E-state index in [2.05, 4.69) is 25.5 Å². The molecule has 1 aromatic carbocycles. The van der Waals surface area contributed by atoms with Crippen LogP contribution < -0.4 is 5.32 Å². The van der Waals surface area contributed by atoms with E-state index in [-0.39, 0.29) is 5.91 Å². The van der Waals surface area contributed by atoms with Gasteiger partial charge in [-0.1, -0.05) is 17.3 Å². The highest BCUT2D eigenvalue weighted by atomic mass is 32.1. The summed E-state index contributed by atoms with van der Waals surface area (Å²) in [4.78, 5) is 23.8. The van der Waals surface area contributed by atoms with Gasteiger partial charge in [-0.15, -0.1) is 11.3 Å². The maximum Gasteiger partial charge on any atom is 0.259 e. The van der Waals surface area contributed by atoms with E-state index in [1.54, 1.807) is 28.4 Å². The van der Waals surface area contributed by atoms with Crippen LogP contribution in [-0.4, -0.2) is 30.8 Å². The third kappa shape index (κ3) is 3.71. The van der Waals surface area contributed by atoms with Crippen LogP contribution in [0, 0.1) is 13.8 Å². The van der Waals surface area contributed by atoms with Crippen molar-refractivity contribution >= 4 is 28.3 Å². The molecule has 0 radical (unpaired) electrons. The minimum Gasteiger partial charge on any atom is -0.348 e. The van der Waals surface area contributed by atoms with Crippen LogP contribution in [0.5, 0.6) is 0 Å². The highest BCUT2D eigenvalue weighted by Crippen LogP contribution is 2.31. The predicted octanol–water partition coefficient (Wildman–Crippen LogP) is 4.08. The molecule has 8 nitrogen and oxygen atoms in total. The quantitative estimate of drug-likeness (QED) is 0.451. The number of amides is 1. The number of pyridine rings is 1. The molecule has 154 valence electrons. The van der Waals surface area contributed by atoms with Gasteiger partial charge >= 0.3 is 0 Å². The number of carbonyl (C=O) groups excluding carboxylic acids is 1. The largest absolute Gasteiger partial charge is 0.348 e. The molecule has 31 heavy (non-hydrogen) atoms. The Kier molecular flexibility index (Phi) is 4.79. The zero-order chi connectivity index (χ0) is 21.4. The van der Waals surface area contributed by atoms with Crippen molar-refractivity contribution in [2.45, 2.75) is 20.4 Å². The van der Waals surface area contributed by atoms with Gasteiger partial charge in [-0.05, 0) is 49.7 Å². The number of nitrogens with one attached hydrogen (secondary N) is 1. The Labute approximate surface area is 181 Å². The number of benzene rings is 1. The summed E-state index contributed by atoms with van der Waals surface area (Å²) in [7, 11) is 0. The summed E-state index contributed by atoms with van der Waals surface area (Å²) >= 11 is 1.62. The van der Waals surface area contributed by atoms with Gasteiger partial charge in [0.05, 0.1) is 32.9 Å². The molecular formula is C22H18N6O2S. The lowest BCUT2D eigenvalue weighted by Gasteiger charge is -2.08. The highest BCUT2D eigenvalue weighted by molar-refractivity contribution is 7.15. The summed E-state index contributed by atoms with van der Waals surface area (Å²) < 4.78 is 7.05.